The van der Waals surface area contributed by atoms with Gasteiger partial charge in [-0.05, 0) is 29.8 Å². The number of rotatable bonds is 2. The third-order valence-corrected chi connectivity index (χ3v) is 4.02. The second kappa shape index (κ2) is 5.24. The van der Waals surface area contributed by atoms with E-state index in [4.69, 9.17) is 0 Å². The molecule has 1 aliphatic rings. The molecule has 1 aromatic heterocycles. The summed E-state index contributed by atoms with van der Waals surface area (Å²) in [5, 5.41) is 13.4. The number of hydrogen-bond acceptors (Lipinski definition) is 3. The fourth-order valence-electron chi connectivity index (χ4n) is 2.83. The molecule has 2 amide bonds. The van der Waals surface area contributed by atoms with Crippen LogP contribution in [0.2, 0.25) is 0 Å². The van der Waals surface area contributed by atoms with Gasteiger partial charge in [-0.15, -0.1) is 0 Å². The molecule has 1 unspecified atom stereocenters. The van der Waals surface area contributed by atoms with Crippen LogP contribution in [0.15, 0.2) is 48.7 Å². The lowest BCUT2D eigenvalue weighted by Gasteiger charge is -2.24. The molecule has 0 bridgehead atoms. The number of benzene rings is 2. The zero-order chi connectivity index (χ0) is 15.8. The minimum absolute atomic E-state index is 0.212. The summed E-state index contributed by atoms with van der Waals surface area (Å²) in [6, 6.07) is 12.3. The van der Waals surface area contributed by atoms with E-state index in [2.05, 4.69) is 20.8 Å². The van der Waals surface area contributed by atoms with Gasteiger partial charge in [0, 0.05) is 23.1 Å². The van der Waals surface area contributed by atoms with Gasteiger partial charge < -0.3 is 10.6 Å². The van der Waals surface area contributed by atoms with Gasteiger partial charge in [0.1, 0.15) is 6.04 Å². The molecule has 0 spiro atoms. The minimum Gasteiger partial charge on any atom is -0.340 e. The standard InChI is InChI=1S/C17H14N4O2/c22-16-13-4-2-1-3-10(13)7-15(20-16)17(23)19-12-6-5-11-9-18-21-14(11)8-12/h1-6,8-9,15H,7H2,(H,18,21)(H,19,23)(H,20,22). The van der Waals surface area contributed by atoms with Crippen molar-refractivity contribution in [1.82, 2.24) is 15.5 Å². The highest BCUT2D eigenvalue weighted by Gasteiger charge is 2.28. The monoisotopic (exact) mass is 306 g/mol. The predicted octanol–water partition coefficient (Wildman–Crippen LogP) is 1.86. The van der Waals surface area contributed by atoms with E-state index in [9.17, 15) is 9.59 Å². The van der Waals surface area contributed by atoms with E-state index >= 15 is 0 Å². The quantitative estimate of drug-likeness (QED) is 0.675. The number of hydrogen-bond donors (Lipinski definition) is 3. The van der Waals surface area contributed by atoms with E-state index in [0.29, 0.717) is 17.7 Å². The lowest BCUT2D eigenvalue weighted by atomic mass is 9.95. The molecule has 0 radical (unpaired) electrons. The Morgan fingerprint density at radius 2 is 2.09 bits per heavy atom. The summed E-state index contributed by atoms with van der Waals surface area (Å²) in [4.78, 5) is 24.5. The van der Waals surface area contributed by atoms with Crippen LogP contribution in [-0.4, -0.2) is 28.1 Å². The highest BCUT2D eigenvalue weighted by Crippen LogP contribution is 2.19. The highest BCUT2D eigenvalue weighted by atomic mass is 16.2. The Hall–Kier alpha value is -3.15. The maximum Gasteiger partial charge on any atom is 0.252 e. The predicted molar refractivity (Wildman–Crippen MR) is 86.1 cm³/mol. The molecule has 2 aromatic carbocycles. The summed E-state index contributed by atoms with van der Waals surface area (Å²) in [5.41, 5.74) is 3.04. The molecule has 6 heteroatoms. The van der Waals surface area contributed by atoms with E-state index in [0.717, 1.165) is 16.5 Å². The normalized spacial score (nSPS) is 16.7. The summed E-state index contributed by atoms with van der Waals surface area (Å²) < 4.78 is 0. The Labute approximate surface area is 131 Å². The Morgan fingerprint density at radius 1 is 1.22 bits per heavy atom. The van der Waals surface area contributed by atoms with Crippen molar-refractivity contribution in [3.63, 3.8) is 0 Å². The van der Waals surface area contributed by atoms with Crippen molar-refractivity contribution in [2.75, 3.05) is 5.32 Å². The molecule has 0 fully saturated rings. The lowest BCUT2D eigenvalue weighted by molar-refractivity contribution is -0.118. The van der Waals surface area contributed by atoms with Crippen molar-refractivity contribution in [3.05, 3.63) is 59.8 Å². The molecule has 0 aliphatic carbocycles. The first-order valence-electron chi connectivity index (χ1n) is 7.33. The van der Waals surface area contributed by atoms with Gasteiger partial charge in [-0.25, -0.2) is 0 Å². The van der Waals surface area contributed by atoms with E-state index in [1.54, 1.807) is 12.3 Å². The van der Waals surface area contributed by atoms with Gasteiger partial charge in [-0.1, -0.05) is 18.2 Å². The van der Waals surface area contributed by atoms with Gasteiger partial charge in [0.2, 0.25) is 5.91 Å². The Morgan fingerprint density at radius 3 is 3.00 bits per heavy atom. The smallest absolute Gasteiger partial charge is 0.252 e. The van der Waals surface area contributed by atoms with Crippen molar-refractivity contribution >= 4 is 28.4 Å². The SMILES string of the molecule is O=C1NC(C(=O)Nc2ccc3cn[nH]c3c2)Cc2ccccc21. The van der Waals surface area contributed by atoms with Crippen molar-refractivity contribution in [3.8, 4) is 0 Å². The third kappa shape index (κ3) is 2.44. The third-order valence-electron chi connectivity index (χ3n) is 4.02. The van der Waals surface area contributed by atoms with Gasteiger partial charge >= 0.3 is 0 Å². The summed E-state index contributed by atoms with van der Waals surface area (Å²) in [6.07, 6.45) is 2.21. The Kier molecular flexibility index (Phi) is 3.08. The number of fused-ring (bicyclic) bond motifs is 2. The van der Waals surface area contributed by atoms with Crippen LogP contribution in [0.25, 0.3) is 10.9 Å². The zero-order valence-corrected chi connectivity index (χ0v) is 12.2. The van der Waals surface area contributed by atoms with Gasteiger partial charge in [0.15, 0.2) is 0 Å². The highest BCUT2D eigenvalue weighted by molar-refractivity contribution is 6.04. The van der Waals surface area contributed by atoms with Crippen LogP contribution < -0.4 is 10.6 Å². The molecular formula is C17H14N4O2. The van der Waals surface area contributed by atoms with E-state index in [-0.39, 0.29) is 11.8 Å². The van der Waals surface area contributed by atoms with E-state index in [1.807, 2.05) is 36.4 Å². The Bertz CT molecular complexity index is 916. The molecular weight excluding hydrogens is 292 g/mol. The summed E-state index contributed by atoms with van der Waals surface area (Å²) in [5.74, 6) is -0.442. The van der Waals surface area contributed by atoms with Crippen LogP contribution in [0.1, 0.15) is 15.9 Å². The zero-order valence-electron chi connectivity index (χ0n) is 12.2. The van der Waals surface area contributed by atoms with Crippen LogP contribution in [0.3, 0.4) is 0 Å². The first-order chi connectivity index (χ1) is 11.2. The fraction of sp³-hybridized carbons (Fsp3) is 0.118. The molecule has 0 saturated carbocycles. The fourth-order valence-corrected chi connectivity index (χ4v) is 2.83. The van der Waals surface area contributed by atoms with Gasteiger partial charge in [-0.2, -0.15) is 5.10 Å². The molecule has 3 N–H and O–H groups in total. The van der Waals surface area contributed by atoms with Crippen molar-refractivity contribution in [2.45, 2.75) is 12.5 Å². The van der Waals surface area contributed by atoms with Crippen molar-refractivity contribution < 1.29 is 9.59 Å². The summed E-state index contributed by atoms with van der Waals surface area (Å²) in [7, 11) is 0. The molecule has 4 rings (SSSR count). The largest absolute Gasteiger partial charge is 0.340 e. The first-order valence-corrected chi connectivity index (χ1v) is 7.33. The summed E-state index contributed by atoms with van der Waals surface area (Å²) >= 11 is 0. The van der Waals surface area contributed by atoms with Crippen LogP contribution in [0, 0.1) is 0 Å². The first kappa shape index (κ1) is 13.5. The Balaban J connectivity index is 1.54. The topological polar surface area (TPSA) is 86.9 Å². The molecule has 1 aliphatic heterocycles. The van der Waals surface area contributed by atoms with Crippen LogP contribution in [0.5, 0.6) is 0 Å². The van der Waals surface area contributed by atoms with Gasteiger partial charge in [0.05, 0.1) is 11.7 Å². The number of H-pyrrole nitrogens is 1. The average Bonchev–Trinajstić information content (AvgIpc) is 3.02. The minimum atomic E-state index is -0.574. The average molecular weight is 306 g/mol. The number of carbonyl (C=O) groups is 2. The number of aromatic nitrogens is 2. The molecule has 114 valence electrons. The lowest BCUT2D eigenvalue weighted by Crippen LogP contribution is -2.48. The number of nitrogens with one attached hydrogen (secondary N) is 3. The molecule has 23 heavy (non-hydrogen) atoms. The van der Waals surface area contributed by atoms with Gasteiger partial charge in [-0.3, -0.25) is 14.7 Å². The van der Waals surface area contributed by atoms with Crippen LogP contribution >= 0.6 is 0 Å². The molecule has 3 aromatic rings. The maximum absolute atomic E-state index is 12.4. The number of amides is 2. The molecule has 2 heterocycles. The van der Waals surface area contributed by atoms with Gasteiger partial charge in [0.25, 0.3) is 5.91 Å². The summed E-state index contributed by atoms with van der Waals surface area (Å²) in [6.45, 7) is 0. The van der Waals surface area contributed by atoms with E-state index < -0.39 is 6.04 Å². The second-order valence-corrected chi connectivity index (χ2v) is 5.55. The number of anilines is 1. The molecule has 6 nitrogen and oxygen atoms in total. The van der Waals surface area contributed by atoms with Crippen molar-refractivity contribution in [1.29, 1.82) is 0 Å². The van der Waals surface area contributed by atoms with Crippen LogP contribution in [-0.2, 0) is 11.2 Å². The van der Waals surface area contributed by atoms with Crippen LogP contribution in [0.4, 0.5) is 5.69 Å². The number of carbonyl (C=O) groups excluding carboxylic acids is 2. The number of nitrogens with zero attached hydrogens (tertiary/aromatic N) is 1. The second-order valence-electron chi connectivity index (χ2n) is 5.55. The maximum atomic E-state index is 12.4. The number of aromatic amines is 1. The molecule has 0 saturated heterocycles. The van der Waals surface area contributed by atoms with E-state index in [1.165, 1.54) is 0 Å². The molecule has 1 atom stereocenters. The van der Waals surface area contributed by atoms with Crippen molar-refractivity contribution in [2.24, 2.45) is 0 Å².